The number of pyridine rings is 1. The number of ether oxygens (including phenoxy) is 1. The highest BCUT2D eigenvalue weighted by Gasteiger charge is 2.25. The molecule has 0 aliphatic carbocycles. The lowest BCUT2D eigenvalue weighted by Gasteiger charge is -2.11. The summed E-state index contributed by atoms with van der Waals surface area (Å²) in [5.41, 5.74) is 7.15. The predicted octanol–water partition coefficient (Wildman–Crippen LogP) is 3.94. The van der Waals surface area contributed by atoms with Crippen LogP contribution in [0.4, 0.5) is 0 Å². The van der Waals surface area contributed by atoms with Gasteiger partial charge in [0, 0.05) is 22.3 Å². The molecule has 2 N–H and O–H groups in total. The smallest absolute Gasteiger partial charge is 0.257 e. The van der Waals surface area contributed by atoms with E-state index < -0.39 is 0 Å². The molecule has 1 aliphatic heterocycles. The van der Waals surface area contributed by atoms with Crippen LogP contribution in [0.2, 0.25) is 5.02 Å². The third kappa shape index (κ3) is 2.84. The van der Waals surface area contributed by atoms with Crippen molar-refractivity contribution in [2.75, 3.05) is 7.11 Å². The van der Waals surface area contributed by atoms with Crippen molar-refractivity contribution < 1.29 is 4.74 Å². The number of hydrogen-bond acceptors (Lipinski definition) is 4. The van der Waals surface area contributed by atoms with Crippen LogP contribution in [-0.4, -0.2) is 17.8 Å². The van der Waals surface area contributed by atoms with E-state index in [0.717, 1.165) is 33.5 Å². The molecule has 3 aromatic rings. The highest BCUT2D eigenvalue weighted by Crippen LogP contribution is 2.28. The summed E-state index contributed by atoms with van der Waals surface area (Å²) in [7, 11) is 1.64. The van der Waals surface area contributed by atoms with Gasteiger partial charge in [-0.1, -0.05) is 23.7 Å². The van der Waals surface area contributed by atoms with Gasteiger partial charge in [0.1, 0.15) is 5.75 Å². The number of nitrogens with zero attached hydrogens (tertiary/aromatic N) is 1. The first-order valence-electron chi connectivity index (χ1n) is 8.35. The van der Waals surface area contributed by atoms with Gasteiger partial charge in [0.2, 0.25) is 0 Å². The Morgan fingerprint density at radius 2 is 1.96 bits per heavy atom. The van der Waals surface area contributed by atoms with Crippen molar-refractivity contribution in [1.29, 1.82) is 0 Å². The standard InChI is InChI=1S/C20H18ClN3O2/c1-11-15-9-13(21)5-8-16(15)22-20(25)19(11)18-10-17(23-24-18)12-3-6-14(26-2)7-4-12/h3-9,17,23H,10H2,1-2H3,(H,22,25). The van der Waals surface area contributed by atoms with Crippen LogP contribution in [0.5, 0.6) is 5.75 Å². The maximum atomic E-state index is 12.6. The minimum atomic E-state index is -0.131. The second kappa shape index (κ2) is 6.50. The second-order valence-corrected chi connectivity index (χ2v) is 6.80. The second-order valence-electron chi connectivity index (χ2n) is 6.36. The van der Waals surface area contributed by atoms with Crippen molar-refractivity contribution >= 4 is 28.2 Å². The molecule has 0 saturated heterocycles. The van der Waals surface area contributed by atoms with Crippen LogP contribution >= 0.6 is 11.6 Å². The van der Waals surface area contributed by atoms with E-state index in [9.17, 15) is 4.79 Å². The van der Waals surface area contributed by atoms with Crippen molar-refractivity contribution in [1.82, 2.24) is 10.4 Å². The zero-order chi connectivity index (χ0) is 18.3. The Kier molecular flexibility index (Phi) is 4.17. The number of hydrogen-bond donors (Lipinski definition) is 2. The summed E-state index contributed by atoms with van der Waals surface area (Å²) in [5.74, 6) is 0.812. The summed E-state index contributed by atoms with van der Waals surface area (Å²) in [6.45, 7) is 1.94. The van der Waals surface area contributed by atoms with Gasteiger partial charge in [-0.3, -0.25) is 4.79 Å². The SMILES string of the molecule is COc1ccc(C2CC(c3c(C)c4cc(Cl)ccc4[nH]c3=O)=NN2)cc1. The van der Waals surface area contributed by atoms with Crippen molar-refractivity contribution in [2.24, 2.45) is 5.10 Å². The molecule has 0 saturated carbocycles. The van der Waals surface area contributed by atoms with Crippen LogP contribution in [0.1, 0.15) is 29.2 Å². The number of aromatic amines is 1. The number of hydrazone groups is 1. The van der Waals surface area contributed by atoms with Gasteiger partial charge in [-0.25, -0.2) is 0 Å². The van der Waals surface area contributed by atoms with Crippen LogP contribution in [0.25, 0.3) is 10.9 Å². The molecule has 1 aliphatic rings. The topological polar surface area (TPSA) is 66.5 Å². The number of benzene rings is 2. The van der Waals surface area contributed by atoms with Gasteiger partial charge in [0.25, 0.3) is 5.56 Å². The fourth-order valence-corrected chi connectivity index (χ4v) is 3.57. The molecule has 0 fully saturated rings. The number of rotatable bonds is 3. The molecule has 2 heterocycles. The van der Waals surface area contributed by atoms with E-state index >= 15 is 0 Å². The first kappa shape index (κ1) is 16.7. The summed E-state index contributed by atoms with van der Waals surface area (Å²) in [5, 5.41) is 6.01. The van der Waals surface area contributed by atoms with Crippen LogP contribution in [0.15, 0.2) is 52.4 Å². The van der Waals surface area contributed by atoms with Crippen molar-refractivity contribution in [2.45, 2.75) is 19.4 Å². The molecule has 132 valence electrons. The van der Waals surface area contributed by atoms with Gasteiger partial charge >= 0.3 is 0 Å². The van der Waals surface area contributed by atoms with Gasteiger partial charge < -0.3 is 15.1 Å². The molecule has 0 amide bonds. The van der Waals surface area contributed by atoms with E-state index in [0.29, 0.717) is 17.0 Å². The molecule has 0 spiro atoms. The average molecular weight is 368 g/mol. The largest absolute Gasteiger partial charge is 0.497 e. The quantitative estimate of drug-likeness (QED) is 0.736. The number of nitrogens with one attached hydrogen (secondary N) is 2. The van der Waals surface area contributed by atoms with Crippen molar-refractivity contribution in [3.8, 4) is 5.75 Å². The highest BCUT2D eigenvalue weighted by molar-refractivity contribution is 6.31. The molecule has 0 radical (unpaired) electrons. The van der Waals surface area contributed by atoms with Crippen molar-refractivity contribution in [3.05, 3.63) is 74.5 Å². The molecule has 0 bridgehead atoms. The molecular weight excluding hydrogens is 350 g/mol. The van der Waals surface area contributed by atoms with Crippen LogP contribution in [0, 0.1) is 6.92 Å². The molecule has 1 aromatic heterocycles. The highest BCUT2D eigenvalue weighted by atomic mass is 35.5. The van der Waals surface area contributed by atoms with Crippen LogP contribution in [-0.2, 0) is 0 Å². The number of methoxy groups -OCH3 is 1. The Balaban J connectivity index is 1.69. The maximum absolute atomic E-state index is 12.6. The van der Waals surface area contributed by atoms with Crippen molar-refractivity contribution in [3.63, 3.8) is 0 Å². The first-order chi connectivity index (χ1) is 12.6. The molecule has 26 heavy (non-hydrogen) atoms. The van der Waals surface area contributed by atoms with Gasteiger partial charge in [0.15, 0.2) is 0 Å². The van der Waals surface area contributed by atoms with Gasteiger partial charge in [-0.2, -0.15) is 5.10 Å². The molecule has 1 unspecified atom stereocenters. The Morgan fingerprint density at radius 3 is 2.69 bits per heavy atom. The lowest BCUT2D eigenvalue weighted by atomic mass is 9.95. The Labute approximate surface area is 155 Å². The van der Waals surface area contributed by atoms with E-state index in [1.807, 2.05) is 43.3 Å². The third-order valence-electron chi connectivity index (χ3n) is 4.80. The predicted molar refractivity (Wildman–Crippen MR) is 104 cm³/mol. The monoisotopic (exact) mass is 367 g/mol. The minimum absolute atomic E-state index is 0.0322. The fraction of sp³-hybridized carbons (Fsp3) is 0.200. The lowest BCUT2D eigenvalue weighted by molar-refractivity contribution is 0.414. The normalized spacial score (nSPS) is 16.4. The summed E-state index contributed by atoms with van der Waals surface area (Å²) < 4.78 is 5.20. The van der Waals surface area contributed by atoms with Gasteiger partial charge in [-0.05, 0) is 48.4 Å². The Hall–Kier alpha value is -2.79. The number of aryl methyl sites for hydroxylation is 1. The minimum Gasteiger partial charge on any atom is -0.497 e. The number of halogens is 1. The molecule has 6 heteroatoms. The van der Waals surface area contributed by atoms with E-state index in [2.05, 4.69) is 15.5 Å². The van der Waals surface area contributed by atoms with E-state index in [1.54, 1.807) is 13.2 Å². The summed E-state index contributed by atoms with van der Waals surface area (Å²) in [6, 6.07) is 13.4. The molecule has 1 atom stereocenters. The van der Waals surface area contributed by atoms with Crippen LogP contribution < -0.4 is 15.7 Å². The number of fused-ring (bicyclic) bond motifs is 1. The van der Waals surface area contributed by atoms with Gasteiger partial charge in [0.05, 0.1) is 24.4 Å². The molecule has 5 nitrogen and oxygen atoms in total. The molecule has 2 aromatic carbocycles. The molecular formula is C20H18ClN3O2. The summed E-state index contributed by atoms with van der Waals surface area (Å²) >= 11 is 6.13. The fourth-order valence-electron chi connectivity index (χ4n) is 3.40. The van der Waals surface area contributed by atoms with Gasteiger partial charge in [-0.15, -0.1) is 0 Å². The maximum Gasteiger partial charge on any atom is 0.257 e. The first-order valence-corrected chi connectivity index (χ1v) is 8.73. The third-order valence-corrected chi connectivity index (χ3v) is 5.03. The zero-order valence-electron chi connectivity index (χ0n) is 14.5. The van der Waals surface area contributed by atoms with E-state index in [1.165, 1.54) is 0 Å². The Morgan fingerprint density at radius 1 is 1.19 bits per heavy atom. The summed E-state index contributed by atoms with van der Waals surface area (Å²) in [6.07, 6.45) is 0.641. The zero-order valence-corrected chi connectivity index (χ0v) is 15.2. The lowest BCUT2D eigenvalue weighted by Crippen LogP contribution is -2.20. The van der Waals surface area contributed by atoms with E-state index in [-0.39, 0.29) is 11.6 Å². The van der Waals surface area contributed by atoms with E-state index in [4.69, 9.17) is 16.3 Å². The number of aromatic nitrogens is 1. The molecule has 4 rings (SSSR count). The van der Waals surface area contributed by atoms with Crippen LogP contribution in [0.3, 0.4) is 0 Å². The summed E-state index contributed by atoms with van der Waals surface area (Å²) in [4.78, 5) is 15.6. The Bertz CT molecular complexity index is 1070. The number of H-pyrrole nitrogens is 1. The average Bonchev–Trinajstić information content (AvgIpc) is 3.12.